The van der Waals surface area contributed by atoms with Gasteiger partial charge < -0.3 is 19.7 Å². The number of carbonyl (C=O) groups is 3. The number of hydrogen-bond donors (Lipinski definition) is 2. The molecule has 1 saturated heterocycles. The molecule has 2 aromatic carbocycles. The highest BCUT2D eigenvalue weighted by Gasteiger charge is 2.36. The van der Waals surface area contributed by atoms with Crippen LogP contribution < -0.4 is 5.32 Å². The van der Waals surface area contributed by atoms with Crippen LogP contribution in [-0.2, 0) is 15.7 Å². The number of benzene rings is 2. The number of morpholine rings is 1. The van der Waals surface area contributed by atoms with Gasteiger partial charge in [-0.2, -0.15) is 13.2 Å². The number of carbonyl (C=O) groups excluding carboxylic acids is 3. The number of esters is 1. The Morgan fingerprint density at radius 2 is 1.80 bits per heavy atom. The van der Waals surface area contributed by atoms with Gasteiger partial charge in [0.2, 0.25) is 0 Å². The molecule has 0 aliphatic carbocycles. The quantitative estimate of drug-likeness (QED) is 0.240. The summed E-state index contributed by atoms with van der Waals surface area (Å²) in [6.07, 6.45) is -3.82. The number of pyridine rings is 1. The van der Waals surface area contributed by atoms with Gasteiger partial charge in [-0.1, -0.05) is 17.7 Å². The number of methoxy groups -OCH3 is 1. The minimum absolute atomic E-state index is 0.0459. The van der Waals surface area contributed by atoms with Crippen LogP contribution in [-0.4, -0.2) is 66.8 Å². The zero-order valence-corrected chi connectivity index (χ0v) is 22.0. The van der Waals surface area contributed by atoms with E-state index >= 15 is 0 Å². The molecule has 3 aromatic rings. The van der Waals surface area contributed by atoms with E-state index in [1.54, 1.807) is 0 Å². The number of halogens is 5. The summed E-state index contributed by atoms with van der Waals surface area (Å²) in [5.41, 5.74) is -4.01. The van der Waals surface area contributed by atoms with Gasteiger partial charge in [-0.15, -0.1) is 0 Å². The molecule has 0 unspecified atom stereocenters. The van der Waals surface area contributed by atoms with Crippen LogP contribution in [0.25, 0.3) is 0 Å². The summed E-state index contributed by atoms with van der Waals surface area (Å²) in [7, 11) is 1.11. The smallest absolute Gasteiger partial charge is 0.417 e. The molecule has 1 aliphatic rings. The number of amides is 2. The van der Waals surface area contributed by atoms with Crippen LogP contribution in [0.1, 0.15) is 47.9 Å². The number of aromatic nitrogens is 1. The van der Waals surface area contributed by atoms with Crippen molar-refractivity contribution in [1.82, 2.24) is 9.88 Å². The lowest BCUT2D eigenvalue weighted by molar-refractivity contribution is -0.137. The summed E-state index contributed by atoms with van der Waals surface area (Å²) >= 11 is 5.97. The van der Waals surface area contributed by atoms with Gasteiger partial charge in [-0.25, -0.2) is 9.18 Å². The van der Waals surface area contributed by atoms with Crippen LogP contribution in [0, 0.1) is 11.2 Å². The molecule has 4 rings (SSSR count). The molecule has 214 valence electrons. The Labute approximate surface area is 235 Å². The first-order valence-electron chi connectivity index (χ1n) is 11.9. The number of ether oxygens (including phenoxy) is 2. The molecule has 0 saturated carbocycles. The second-order valence-corrected chi connectivity index (χ2v) is 9.11. The van der Waals surface area contributed by atoms with E-state index in [0.717, 1.165) is 43.6 Å². The molecule has 9 nitrogen and oxygen atoms in total. The van der Waals surface area contributed by atoms with Crippen LogP contribution in [0.4, 0.5) is 23.2 Å². The van der Waals surface area contributed by atoms with Gasteiger partial charge >= 0.3 is 12.1 Å². The summed E-state index contributed by atoms with van der Waals surface area (Å²) in [5, 5.41) is 10.4. The van der Waals surface area contributed by atoms with Crippen LogP contribution in [0.2, 0.25) is 5.02 Å². The third-order valence-corrected chi connectivity index (χ3v) is 6.44. The van der Waals surface area contributed by atoms with E-state index in [-0.39, 0.29) is 41.2 Å². The van der Waals surface area contributed by atoms with Gasteiger partial charge in [0.25, 0.3) is 11.8 Å². The topological polar surface area (TPSA) is 122 Å². The van der Waals surface area contributed by atoms with E-state index in [1.807, 2.05) is 0 Å². The summed E-state index contributed by atoms with van der Waals surface area (Å²) in [4.78, 5) is 43.6. The highest BCUT2D eigenvalue weighted by molar-refractivity contribution is 6.34. The first kappa shape index (κ1) is 29.6. The SMILES string of the molecule is COC(=O)c1ccc(C(=N)c2ncc(C(=O)N3CCOCC3)cc2NC(=O)c2c(Cl)cccc2C(F)(F)F)c(F)c1. The maximum absolute atomic E-state index is 15.0. The maximum Gasteiger partial charge on any atom is 0.417 e. The normalized spacial score (nSPS) is 13.5. The Morgan fingerprint density at radius 3 is 2.44 bits per heavy atom. The molecule has 0 atom stereocenters. The monoisotopic (exact) mass is 592 g/mol. The number of anilines is 1. The second kappa shape index (κ2) is 12.0. The zero-order valence-electron chi connectivity index (χ0n) is 21.3. The van der Waals surface area contributed by atoms with E-state index in [2.05, 4.69) is 15.0 Å². The van der Waals surface area contributed by atoms with E-state index in [4.69, 9.17) is 21.7 Å². The fourth-order valence-corrected chi connectivity index (χ4v) is 4.35. The molecule has 14 heteroatoms. The van der Waals surface area contributed by atoms with Crippen molar-refractivity contribution in [3.05, 3.63) is 93.0 Å². The van der Waals surface area contributed by atoms with Crippen molar-refractivity contribution in [3.8, 4) is 0 Å². The van der Waals surface area contributed by atoms with Crippen molar-refractivity contribution in [3.63, 3.8) is 0 Å². The van der Waals surface area contributed by atoms with E-state index in [1.165, 1.54) is 11.0 Å². The van der Waals surface area contributed by atoms with Crippen LogP contribution in [0.15, 0.2) is 48.7 Å². The summed E-state index contributed by atoms with van der Waals surface area (Å²) in [6.45, 7) is 1.12. The summed E-state index contributed by atoms with van der Waals surface area (Å²) < 4.78 is 65.8. The lowest BCUT2D eigenvalue weighted by Gasteiger charge is -2.27. The standard InChI is InChI=1S/C27H21ClF4N4O5/c1-40-26(39)14-5-6-16(19(29)11-14)22(33)23-20(12-15(13-34-23)25(38)36-7-9-41-10-8-36)35-24(37)21-17(27(30,31)32)3-2-4-18(21)28/h2-6,11-13,33H,7-10H2,1H3,(H,35,37). The Kier molecular flexibility index (Phi) is 8.69. The molecule has 1 fully saturated rings. The van der Waals surface area contributed by atoms with Crippen molar-refractivity contribution in [2.24, 2.45) is 0 Å². The number of hydrogen-bond acceptors (Lipinski definition) is 7. The highest BCUT2D eigenvalue weighted by Crippen LogP contribution is 2.35. The van der Waals surface area contributed by atoms with Crippen LogP contribution >= 0.6 is 11.6 Å². The molecular formula is C27H21ClF4N4O5. The number of alkyl halides is 3. The lowest BCUT2D eigenvalue weighted by atomic mass is 10.0. The van der Waals surface area contributed by atoms with Crippen LogP contribution in [0.5, 0.6) is 0 Å². The van der Waals surface area contributed by atoms with Gasteiger partial charge in [-0.3, -0.25) is 20.0 Å². The molecule has 0 spiro atoms. The molecular weight excluding hydrogens is 572 g/mol. The number of nitrogens with one attached hydrogen (secondary N) is 2. The van der Waals surface area contributed by atoms with Gasteiger partial charge in [0.05, 0.1) is 59.0 Å². The molecule has 2 amide bonds. The first-order valence-corrected chi connectivity index (χ1v) is 12.3. The first-order chi connectivity index (χ1) is 19.4. The molecule has 0 bridgehead atoms. The molecule has 1 aliphatic heterocycles. The predicted molar refractivity (Wildman–Crippen MR) is 139 cm³/mol. The van der Waals surface area contributed by atoms with Crippen molar-refractivity contribution in [2.45, 2.75) is 6.18 Å². The molecule has 2 heterocycles. The fourth-order valence-electron chi connectivity index (χ4n) is 4.09. The molecule has 2 N–H and O–H groups in total. The van der Waals surface area contributed by atoms with Gasteiger partial charge in [0.15, 0.2) is 0 Å². The van der Waals surface area contributed by atoms with E-state index in [0.29, 0.717) is 19.3 Å². The molecule has 1 aromatic heterocycles. The largest absolute Gasteiger partial charge is 0.465 e. The van der Waals surface area contributed by atoms with Gasteiger partial charge in [0.1, 0.15) is 11.5 Å². The maximum atomic E-state index is 15.0. The van der Waals surface area contributed by atoms with Crippen molar-refractivity contribution >= 4 is 40.8 Å². The predicted octanol–water partition coefficient (Wildman–Crippen LogP) is 4.82. The minimum Gasteiger partial charge on any atom is -0.465 e. The Bertz CT molecular complexity index is 1540. The average molecular weight is 593 g/mol. The zero-order chi connectivity index (χ0) is 29.9. The minimum atomic E-state index is -4.93. The van der Waals surface area contributed by atoms with Gasteiger partial charge in [0, 0.05) is 24.8 Å². The second-order valence-electron chi connectivity index (χ2n) is 8.70. The molecule has 41 heavy (non-hydrogen) atoms. The van der Waals surface area contributed by atoms with Crippen molar-refractivity contribution in [2.75, 3.05) is 38.7 Å². The van der Waals surface area contributed by atoms with Crippen molar-refractivity contribution < 1.29 is 41.4 Å². The third-order valence-electron chi connectivity index (χ3n) is 6.12. The Hall–Kier alpha value is -4.36. The van der Waals surface area contributed by atoms with E-state index in [9.17, 15) is 31.9 Å². The number of nitrogens with zero attached hydrogens (tertiary/aromatic N) is 2. The Morgan fingerprint density at radius 1 is 1.10 bits per heavy atom. The van der Waals surface area contributed by atoms with Gasteiger partial charge in [-0.05, 0) is 36.4 Å². The molecule has 0 radical (unpaired) electrons. The summed E-state index contributed by atoms with van der Waals surface area (Å²) in [5.74, 6) is -3.62. The number of rotatable bonds is 6. The van der Waals surface area contributed by atoms with Crippen LogP contribution in [0.3, 0.4) is 0 Å². The highest BCUT2D eigenvalue weighted by atomic mass is 35.5. The summed E-state index contributed by atoms with van der Waals surface area (Å²) in [6, 6.07) is 7.10. The lowest BCUT2D eigenvalue weighted by Crippen LogP contribution is -2.40. The van der Waals surface area contributed by atoms with Crippen molar-refractivity contribution in [1.29, 1.82) is 5.41 Å². The Balaban J connectivity index is 1.79. The van der Waals surface area contributed by atoms with E-state index < -0.39 is 51.6 Å². The average Bonchev–Trinajstić information content (AvgIpc) is 2.95. The fraction of sp³-hybridized carbons (Fsp3) is 0.222. The third kappa shape index (κ3) is 6.36.